The number of nitrogens with zero attached hydrogens (tertiary/aromatic N) is 4. The summed E-state index contributed by atoms with van der Waals surface area (Å²) in [6.07, 6.45) is 5.77. The van der Waals surface area contributed by atoms with E-state index >= 15 is 0 Å². The minimum Gasteiger partial charge on any atom is -0.382 e. The fraction of sp³-hybridized carbons (Fsp3) is 0.385. The molecule has 0 aromatic carbocycles. The normalized spacial score (nSPS) is 16.8. The van der Waals surface area contributed by atoms with Gasteiger partial charge in [-0.1, -0.05) is 11.6 Å². The van der Waals surface area contributed by atoms with Gasteiger partial charge in [-0.05, 0) is 31.0 Å². The number of hydrogen-bond acceptors (Lipinski definition) is 4. The Morgan fingerprint density at radius 2 is 2.05 bits per heavy atom. The number of aromatic nitrogens is 3. The maximum Gasteiger partial charge on any atom is 0.147 e. The topological polar surface area (TPSA) is 60.0 Å². The summed E-state index contributed by atoms with van der Waals surface area (Å²) >= 11 is 6.18. The van der Waals surface area contributed by atoms with Crippen LogP contribution in [0.15, 0.2) is 30.6 Å². The van der Waals surface area contributed by atoms with Crippen LogP contribution in [0.25, 0.3) is 0 Å². The highest BCUT2D eigenvalue weighted by Crippen LogP contribution is 2.29. The number of nitrogens with two attached hydrogens (primary N) is 1. The summed E-state index contributed by atoms with van der Waals surface area (Å²) in [6, 6.07) is 5.98. The smallest absolute Gasteiger partial charge is 0.147 e. The van der Waals surface area contributed by atoms with Gasteiger partial charge in [0.25, 0.3) is 0 Å². The average molecular weight is 278 g/mol. The zero-order valence-corrected chi connectivity index (χ0v) is 11.3. The Hall–Kier alpha value is -1.75. The molecule has 1 aliphatic heterocycles. The number of rotatable bonds is 2. The second-order valence-corrected chi connectivity index (χ2v) is 5.15. The number of anilines is 2. The lowest BCUT2D eigenvalue weighted by Crippen LogP contribution is -2.35. The summed E-state index contributed by atoms with van der Waals surface area (Å²) in [6.45, 7) is 1.86. The third-order valence-electron chi connectivity index (χ3n) is 3.51. The Labute approximate surface area is 117 Å². The first-order valence-corrected chi connectivity index (χ1v) is 6.78. The summed E-state index contributed by atoms with van der Waals surface area (Å²) in [4.78, 5) is 6.58. The van der Waals surface area contributed by atoms with Crippen LogP contribution in [-0.4, -0.2) is 27.9 Å². The molecular weight excluding hydrogens is 262 g/mol. The molecular formula is C13H16ClN5. The van der Waals surface area contributed by atoms with Crippen molar-refractivity contribution >= 4 is 23.2 Å². The van der Waals surface area contributed by atoms with Crippen molar-refractivity contribution in [2.75, 3.05) is 23.7 Å². The van der Waals surface area contributed by atoms with Gasteiger partial charge in [0, 0.05) is 25.5 Å². The molecule has 3 rings (SSSR count). The van der Waals surface area contributed by atoms with Crippen LogP contribution >= 0.6 is 11.6 Å². The van der Waals surface area contributed by atoms with E-state index in [-0.39, 0.29) is 0 Å². The van der Waals surface area contributed by atoms with Crippen LogP contribution in [0.5, 0.6) is 0 Å². The van der Waals surface area contributed by atoms with Gasteiger partial charge < -0.3 is 10.6 Å². The molecule has 1 aliphatic rings. The van der Waals surface area contributed by atoms with E-state index in [0.29, 0.717) is 16.9 Å². The second kappa shape index (κ2) is 5.09. The Bertz CT molecular complexity index is 560. The van der Waals surface area contributed by atoms with Gasteiger partial charge in [0.1, 0.15) is 11.6 Å². The predicted octanol–water partition coefficient (Wildman–Crippen LogP) is 2.36. The number of pyridine rings is 1. The number of hydrogen-bond donors (Lipinski definition) is 1. The zero-order chi connectivity index (χ0) is 13.2. The molecule has 0 spiro atoms. The maximum atomic E-state index is 6.18. The maximum absolute atomic E-state index is 6.18. The van der Waals surface area contributed by atoms with Crippen molar-refractivity contribution in [3.63, 3.8) is 0 Å². The van der Waals surface area contributed by atoms with E-state index in [0.717, 1.165) is 31.7 Å². The molecule has 1 saturated heterocycles. The van der Waals surface area contributed by atoms with Gasteiger partial charge in [0.2, 0.25) is 0 Å². The Balaban J connectivity index is 1.68. The highest BCUT2D eigenvalue weighted by molar-refractivity contribution is 6.32. The van der Waals surface area contributed by atoms with Crippen LogP contribution in [0.1, 0.15) is 18.9 Å². The molecule has 2 aromatic heterocycles. The number of piperidine rings is 1. The van der Waals surface area contributed by atoms with Crippen molar-refractivity contribution in [2.24, 2.45) is 0 Å². The molecule has 2 aromatic rings. The Morgan fingerprint density at radius 3 is 2.68 bits per heavy atom. The van der Waals surface area contributed by atoms with E-state index < -0.39 is 0 Å². The van der Waals surface area contributed by atoms with Crippen LogP contribution in [0.2, 0.25) is 5.02 Å². The van der Waals surface area contributed by atoms with Gasteiger partial charge in [-0.3, -0.25) is 4.68 Å². The first kappa shape index (κ1) is 12.3. The first-order chi connectivity index (χ1) is 9.24. The second-order valence-electron chi connectivity index (χ2n) is 4.75. The van der Waals surface area contributed by atoms with Crippen molar-refractivity contribution in [1.82, 2.24) is 14.8 Å². The van der Waals surface area contributed by atoms with Gasteiger partial charge in [0.05, 0.1) is 11.1 Å². The quantitative estimate of drug-likeness (QED) is 0.915. The number of halogens is 1. The fourth-order valence-electron chi connectivity index (χ4n) is 2.51. The molecule has 0 bridgehead atoms. The van der Waals surface area contributed by atoms with Gasteiger partial charge in [-0.15, -0.1) is 0 Å². The van der Waals surface area contributed by atoms with E-state index in [4.69, 9.17) is 17.3 Å². The van der Waals surface area contributed by atoms with Crippen LogP contribution in [0, 0.1) is 0 Å². The Morgan fingerprint density at radius 1 is 1.26 bits per heavy atom. The SMILES string of the molecule is Nc1ccn(C2CCN(c3ncccc3Cl)CC2)n1. The third-order valence-corrected chi connectivity index (χ3v) is 3.80. The van der Waals surface area contributed by atoms with Crippen LogP contribution in [-0.2, 0) is 0 Å². The summed E-state index contributed by atoms with van der Waals surface area (Å²) in [5.41, 5.74) is 5.65. The molecule has 0 atom stereocenters. The molecule has 5 nitrogen and oxygen atoms in total. The zero-order valence-electron chi connectivity index (χ0n) is 10.5. The summed E-state index contributed by atoms with van der Waals surface area (Å²) < 4.78 is 1.96. The van der Waals surface area contributed by atoms with E-state index in [9.17, 15) is 0 Å². The third kappa shape index (κ3) is 2.51. The van der Waals surface area contributed by atoms with E-state index in [1.54, 1.807) is 6.20 Å². The molecule has 19 heavy (non-hydrogen) atoms. The molecule has 1 fully saturated rings. The molecule has 0 saturated carbocycles. The fourth-order valence-corrected chi connectivity index (χ4v) is 2.75. The van der Waals surface area contributed by atoms with Crippen molar-refractivity contribution in [3.05, 3.63) is 35.6 Å². The van der Waals surface area contributed by atoms with Crippen molar-refractivity contribution in [1.29, 1.82) is 0 Å². The van der Waals surface area contributed by atoms with E-state index in [2.05, 4.69) is 15.0 Å². The van der Waals surface area contributed by atoms with Gasteiger partial charge in [-0.2, -0.15) is 5.10 Å². The number of nitrogen functional groups attached to an aromatic ring is 1. The highest BCUT2D eigenvalue weighted by Gasteiger charge is 2.22. The average Bonchev–Trinajstić information content (AvgIpc) is 2.86. The highest BCUT2D eigenvalue weighted by atomic mass is 35.5. The van der Waals surface area contributed by atoms with Crippen molar-refractivity contribution in [2.45, 2.75) is 18.9 Å². The molecule has 100 valence electrons. The lowest BCUT2D eigenvalue weighted by atomic mass is 10.1. The standard InChI is InChI=1S/C13H16ClN5/c14-11-2-1-6-16-13(11)18-7-3-10(4-8-18)19-9-5-12(15)17-19/h1-2,5-6,9-10H,3-4,7-8H2,(H2,15,17). The molecule has 6 heteroatoms. The predicted molar refractivity (Wildman–Crippen MR) is 76.4 cm³/mol. The monoisotopic (exact) mass is 277 g/mol. The first-order valence-electron chi connectivity index (χ1n) is 6.40. The van der Waals surface area contributed by atoms with Gasteiger partial charge in [0.15, 0.2) is 0 Å². The van der Waals surface area contributed by atoms with Crippen molar-refractivity contribution in [3.8, 4) is 0 Å². The molecule has 0 unspecified atom stereocenters. The van der Waals surface area contributed by atoms with Crippen LogP contribution in [0.3, 0.4) is 0 Å². The minimum absolute atomic E-state index is 0.413. The summed E-state index contributed by atoms with van der Waals surface area (Å²) in [5.74, 6) is 1.46. The van der Waals surface area contributed by atoms with Gasteiger partial charge in [-0.25, -0.2) is 4.98 Å². The van der Waals surface area contributed by atoms with E-state index in [1.165, 1.54) is 0 Å². The molecule has 0 radical (unpaired) electrons. The largest absolute Gasteiger partial charge is 0.382 e. The lowest BCUT2D eigenvalue weighted by Gasteiger charge is -2.33. The van der Waals surface area contributed by atoms with Gasteiger partial charge >= 0.3 is 0 Å². The molecule has 0 aliphatic carbocycles. The molecule has 0 amide bonds. The summed E-state index contributed by atoms with van der Waals surface area (Å²) in [7, 11) is 0. The van der Waals surface area contributed by atoms with Crippen LogP contribution in [0.4, 0.5) is 11.6 Å². The molecule has 2 N–H and O–H groups in total. The van der Waals surface area contributed by atoms with Crippen molar-refractivity contribution < 1.29 is 0 Å². The minimum atomic E-state index is 0.413. The van der Waals surface area contributed by atoms with E-state index in [1.807, 2.05) is 29.1 Å². The Kier molecular flexibility index (Phi) is 3.29. The lowest BCUT2D eigenvalue weighted by molar-refractivity contribution is 0.367. The molecule has 3 heterocycles. The van der Waals surface area contributed by atoms with Crippen LogP contribution < -0.4 is 10.6 Å². The summed E-state index contributed by atoms with van der Waals surface area (Å²) in [5, 5.41) is 5.00.